The van der Waals surface area contributed by atoms with Crippen LogP contribution in [0.15, 0.2) is 0 Å². The van der Waals surface area contributed by atoms with E-state index in [4.69, 9.17) is 15.9 Å². The molecule has 1 aliphatic heterocycles. The SMILES string of the molecule is NC(C(=O)O)[C@H]1C[C@@H](C(=O)O)NC1=O. The van der Waals surface area contributed by atoms with E-state index < -0.39 is 35.8 Å². The number of nitrogens with one attached hydrogen (secondary N) is 1. The number of hydrogen-bond acceptors (Lipinski definition) is 4. The Bertz CT molecular complexity index is 290. The van der Waals surface area contributed by atoms with Gasteiger partial charge in [-0.3, -0.25) is 9.59 Å². The zero-order valence-electron chi connectivity index (χ0n) is 7.14. The molecule has 1 heterocycles. The minimum Gasteiger partial charge on any atom is -0.480 e. The highest BCUT2D eigenvalue weighted by atomic mass is 16.4. The van der Waals surface area contributed by atoms with Gasteiger partial charge < -0.3 is 21.3 Å². The van der Waals surface area contributed by atoms with Crippen molar-refractivity contribution in [2.45, 2.75) is 18.5 Å². The molecule has 1 aliphatic rings. The second-order valence-corrected chi connectivity index (χ2v) is 3.11. The molecule has 0 aromatic carbocycles. The molecule has 78 valence electrons. The largest absolute Gasteiger partial charge is 0.480 e. The molecule has 0 radical (unpaired) electrons. The van der Waals surface area contributed by atoms with E-state index in [2.05, 4.69) is 5.32 Å². The Kier molecular flexibility index (Phi) is 2.70. The van der Waals surface area contributed by atoms with Crippen molar-refractivity contribution in [3.63, 3.8) is 0 Å². The number of carboxylic acids is 2. The number of rotatable bonds is 3. The molecule has 0 spiro atoms. The predicted molar refractivity (Wildman–Crippen MR) is 43.3 cm³/mol. The molecule has 0 aromatic rings. The summed E-state index contributed by atoms with van der Waals surface area (Å²) in [6, 6.07) is -2.38. The van der Waals surface area contributed by atoms with Crippen LogP contribution in [0, 0.1) is 5.92 Å². The Morgan fingerprint density at radius 2 is 2.07 bits per heavy atom. The first kappa shape index (κ1) is 10.5. The number of hydrogen-bond donors (Lipinski definition) is 4. The molecule has 0 aromatic heterocycles. The van der Waals surface area contributed by atoms with Gasteiger partial charge in [-0.1, -0.05) is 0 Å². The first-order valence-electron chi connectivity index (χ1n) is 3.95. The molecule has 1 amide bonds. The molecule has 1 unspecified atom stereocenters. The second-order valence-electron chi connectivity index (χ2n) is 3.11. The van der Waals surface area contributed by atoms with Gasteiger partial charge in [0.15, 0.2) is 0 Å². The van der Waals surface area contributed by atoms with E-state index >= 15 is 0 Å². The predicted octanol–water partition coefficient (Wildman–Crippen LogP) is -2.01. The summed E-state index contributed by atoms with van der Waals surface area (Å²) in [5.74, 6) is -4.07. The van der Waals surface area contributed by atoms with Crippen molar-refractivity contribution in [1.29, 1.82) is 0 Å². The fourth-order valence-electron chi connectivity index (χ4n) is 1.34. The van der Waals surface area contributed by atoms with Crippen LogP contribution in [0.25, 0.3) is 0 Å². The lowest BCUT2D eigenvalue weighted by Crippen LogP contribution is -2.41. The van der Waals surface area contributed by atoms with Crippen LogP contribution in [0.4, 0.5) is 0 Å². The van der Waals surface area contributed by atoms with E-state index in [9.17, 15) is 14.4 Å². The maximum Gasteiger partial charge on any atom is 0.326 e. The summed E-state index contributed by atoms with van der Waals surface area (Å²) < 4.78 is 0. The van der Waals surface area contributed by atoms with Gasteiger partial charge >= 0.3 is 11.9 Å². The number of carbonyl (C=O) groups excluding carboxylic acids is 1. The Morgan fingerprint density at radius 3 is 2.43 bits per heavy atom. The van der Waals surface area contributed by atoms with Gasteiger partial charge in [-0.15, -0.1) is 0 Å². The lowest BCUT2D eigenvalue weighted by Gasteiger charge is -2.10. The van der Waals surface area contributed by atoms with Crippen LogP contribution in [0.5, 0.6) is 0 Å². The monoisotopic (exact) mass is 202 g/mol. The van der Waals surface area contributed by atoms with E-state index in [0.29, 0.717) is 0 Å². The van der Waals surface area contributed by atoms with Crippen LogP contribution in [-0.4, -0.2) is 40.1 Å². The van der Waals surface area contributed by atoms with Crippen molar-refractivity contribution in [2.24, 2.45) is 11.7 Å². The standard InChI is InChI=1S/C7H10N2O5/c8-4(7(13)14)2-1-3(6(11)12)9-5(2)10/h2-4H,1,8H2,(H,9,10)(H,11,12)(H,13,14)/t2-,3+,4?/m1/s1. The fourth-order valence-corrected chi connectivity index (χ4v) is 1.34. The smallest absolute Gasteiger partial charge is 0.326 e. The van der Waals surface area contributed by atoms with Crippen molar-refractivity contribution < 1.29 is 24.6 Å². The molecule has 0 saturated carbocycles. The molecule has 3 atom stereocenters. The van der Waals surface area contributed by atoms with Gasteiger partial charge in [-0.05, 0) is 6.42 Å². The third-order valence-electron chi connectivity index (χ3n) is 2.16. The Labute approximate surface area is 78.9 Å². The zero-order chi connectivity index (χ0) is 10.9. The number of carbonyl (C=O) groups is 3. The summed E-state index contributed by atoms with van der Waals surface area (Å²) >= 11 is 0. The lowest BCUT2D eigenvalue weighted by molar-refractivity contribution is -0.142. The van der Waals surface area contributed by atoms with Crippen molar-refractivity contribution >= 4 is 17.8 Å². The third-order valence-corrected chi connectivity index (χ3v) is 2.16. The van der Waals surface area contributed by atoms with Crippen molar-refractivity contribution in [3.05, 3.63) is 0 Å². The first-order chi connectivity index (χ1) is 6.43. The van der Waals surface area contributed by atoms with E-state index in [1.165, 1.54) is 0 Å². The summed E-state index contributed by atoms with van der Waals surface area (Å²) in [6.07, 6.45) is -0.0817. The van der Waals surface area contributed by atoms with Crippen LogP contribution in [0.1, 0.15) is 6.42 Å². The van der Waals surface area contributed by atoms with Crippen LogP contribution in [-0.2, 0) is 14.4 Å². The molecule has 5 N–H and O–H groups in total. The van der Waals surface area contributed by atoms with E-state index in [-0.39, 0.29) is 6.42 Å². The Hall–Kier alpha value is -1.63. The quantitative estimate of drug-likeness (QED) is 0.418. The minimum absolute atomic E-state index is 0.0817. The van der Waals surface area contributed by atoms with Crippen LogP contribution < -0.4 is 11.1 Å². The fraction of sp³-hybridized carbons (Fsp3) is 0.571. The summed E-state index contributed by atoms with van der Waals surface area (Å²) in [4.78, 5) is 32.1. The molecular formula is C7H10N2O5. The van der Waals surface area contributed by atoms with Gasteiger partial charge in [0.1, 0.15) is 12.1 Å². The average molecular weight is 202 g/mol. The maximum atomic E-state index is 11.1. The summed E-state index contributed by atoms with van der Waals surface area (Å²) in [5, 5.41) is 19.3. The van der Waals surface area contributed by atoms with Crippen molar-refractivity contribution in [1.82, 2.24) is 5.32 Å². The number of aliphatic carboxylic acids is 2. The molecule has 7 nitrogen and oxygen atoms in total. The van der Waals surface area contributed by atoms with E-state index in [1.807, 2.05) is 0 Å². The molecule has 0 aliphatic carbocycles. The van der Waals surface area contributed by atoms with Crippen LogP contribution >= 0.6 is 0 Å². The Morgan fingerprint density at radius 1 is 1.50 bits per heavy atom. The summed E-state index contributed by atoms with van der Waals surface area (Å²) in [6.45, 7) is 0. The molecule has 14 heavy (non-hydrogen) atoms. The highest BCUT2D eigenvalue weighted by Gasteiger charge is 2.41. The number of carboxylic acid groups (broad SMARTS) is 2. The van der Waals surface area contributed by atoms with E-state index in [1.54, 1.807) is 0 Å². The normalized spacial score (nSPS) is 28.2. The Balaban J connectivity index is 2.70. The summed E-state index contributed by atoms with van der Waals surface area (Å²) in [7, 11) is 0. The van der Waals surface area contributed by atoms with Crippen LogP contribution in [0.3, 0.4) is 0 Å². The van der Waals surface area contributed by atoms with Gasteiger partial charge in [0, 0.05) is 0 Å². The molecule has 1 saturated heterocycles. The molecule has 1 rings (SSSR count). The van der Waals surface area contributed by atoms with Gasteiger partial charge in [-0.2, -0.15) is 0 Å². The van der Waals surface area contributed by atoms with Gasteiger partial charge in [-0.25, -0.2) is 4.79 Å². The number of nitrogens with two attached hydrogens (primary N) is 1. The topological polar surface area (TPSA) is 130 Å². The number of amides is 1. The first-order valence-corrected chi connectivity index (χ1v) is 3.95. The molecule has 1 fully saturated rings. The highest BCUT2D eigenvalue weighted by molar-refractivity contribution is 5.92. The van der Waals surface area contributed by atoms with Crippen molar-refractivity contribution in [3.8, 4) is 0 Å². The summed E-state index contributed by atoms with van der Waals surface area (Å²) in [5.41, 5.74) is 5.22. The van der Waals surface area contributed by atoms with Crippen LogP contribution in [0.2, 0.25) is 0 Å². The molecule has 0 bridgehead atoms. The molecular weight excluding hydrogens is 192 g/mol. The minimum atomic E-state index is -1.35. The third kappa shape index (κ3) is 1.82. The van der Waals surface area contributed by atoms with Gasteiger partial charge in [0.25, 0.3) is 0 Å². The second kappa shape index (κ2) is 3.62. The van der Waals surface area contributed by atoms with Crippen molar-refractivity contribution in [2.75, 3.05) is 0 Å². The van der Waals surface area contributed by atoms with Gasteiger partial charge in [0.05, 0.1) is 5.92 Å². The van der Waals surface area contributed by atoms with E-state index in [0.717, 1.165) is 0 Å². The highest BCUT2D eigenvalue weighted by Crippen LogP contribution is 2.18. The maximum absolute atomic E-state index is 11.1. The average Bonchev–Trinajstić information content (AvgIpc) is 2.46. The zero-order valence-corrected chi connectivity index (χ0v) is 7.14. The molecule has 7 heteroatoms. The van der Waals surface area contributed by atoms with Gasteiger partial charge in [0.2, 0.25) is 5.91 Å². The lowest BCUT2D eigenvalue weighted by atomic mass is 9.97.